The number of amides is 1. The molecular formula is C12H13ClN2O2. The van der Waals surface area contributed by atoms with Gasteiger partial charge in [-0.2, -0.15) is 5.26 Å². The highest BCUT2D eigenvalue weighted by Gasteiger charge is 1.98. The predicted octanol–water partition coefficient (Wildman–Crippen LogP) is 1.49. The van der Waals surface area contributed by atoms with Gasteiger partial charge in [-0.05, 0) is 17.7 Å². The SMILES string of the molecule is N#CCc1ccc(OCCNC(=O)CCl)cc1. The quantitative estimate of drug-likeness (QED) is 0.616. The third-order valence-corrected chi connectivity index (χ3v) is 2.26. The summed E-state index contributed by atoms with van der Waals surface area (Å²) in [7, 11) is 0. The number of alkyl halides is 1. The highest BCUT2D eigenvalue weighted by molar-refractivity contribution is 6.27. The minimum Gasteiger partial charge on any atom is -0.492 e. The van der Waals surface area contributed by atoms with Crippen molar-refractivity contribution in [3.05, 3.63) is 29.8 Å². The summed E-state index contributed by atoms with van der Waals surface area (Å²) in [5, 5.41) is 11.1. The molecule has 0 bridgehead atoms. The molecule has 0 fully saturated rings. The Labute approximate surface area is 105 Å². The van der Waals surface area contributed by atoms with Gasteiger partial charge >= 0.3 is 0 Å². The molecular weight excluding hydrogens is 240 g/mol. The first kappa shape index (κ1) is 13.3. The zero-order chi connectivity index (χ0) is 12.5. The van der Waals surface area contributed by atoms with E-state index in [9.17, 15) is 4.79 Å². The highest BCUT2D eigenvalue weighted by atomic mass is 35.5. The number of benzene rings is 1. The van der Waals surface area contributed by atoms with E-state index in [0.717, 1.165) is 5.56 Å². The van der Waals surface area contributed by atoms with Crippen molar-refractivity contribution < 1.29 is 9.53 Å². The molecule has 90 valence electrons. The molecule has 1 amide bonds. The second kappa shape index (κ2) is 7.53. The Morgan fingerprint density at radius 2 is 2.12 bits per heavy atom. The number of carbonyl (C=O) groups excluding carboxylic acids is 1. The van der Waals surface area contributed by atoms with Crippen molar-refractivity contribution in [2.75, 3.05) is 19.0 Å². The summed E-state index contributed by atoms with van der Waals surface area (Å²) in [6, 6.07) is 9.36. The standard InChI is InChI=1S/C12H13ClN2O2/c13-9-12(16)15-7-8-17-11-3-1-10(2-4-11)5-6-14/h1-4H,5,7-9H2,(H,15,16). The van der Waals surface area contributed by atoms with E-state index in [1.807, 2.05) is 12.1 Å². The van der Waals surface area contributed by atoms with E-state index in [2.05, 4.69) is 11.4 Å². The molecule has 1 aromatic carbocycles. The van der Waals surface area contributed by atoms with Gasteiger partial charge in [-0.15, -0.1) is 11.6 Å². The predicted molar refractivity (Wildman–Crippen MR) is 65.0 cm³/mol. The van der Waals surface area contributed by atoms with Gasteiger partial charge < -0.3 is 10.1 Å². The lowest BCUT2D eigenvalue weighted by molar-refractivity contribution is -0.118. The van der Waals surface area contributed by atoms with Crippen LogP contribution < -0.4 is 10.1 Å². The van der Waals surface area contributed by atoms with Crippen molar-refractivity contribution in [1.29, 1.82) is 5.26 Å². The smallest absolute Gasteiger partial charge is 0.235 e. The summed E-state index contributed by atoms with van der Waals surface area (Å²) < 4.78 is 5.39. The molecule has 1 N–H and O–H groups in total. The van der Waals surface area contributed by atoms with Gasteiger partial charge in [-0.25, -0.2) is 0 Å². The minimum absolute atomic E-state index is 0.0388. The third kappa shape index (κ3) is 5.23. The van der Waals surface area contributed by atoms with Crippen molar-refractivity contribution in [3.8, 4) is 11.8 Å². The molecule has 0 saturated heterocycles. The molecule has 0 aliphatic heterocycles. The normalized spacial score (nSPS) is 9.41. The number of nitrogens with one attached hydrogen (secondary N) is 1. The fourth-order valence-corrected chi connectivity index (χ4v) is 1.30. The Bertz CT molecular complexity index is 398. The lowest BCUT2D eigenvalue weighted by atomic mass is 10.2. The van der Waals surface area contributed by atoms with Gasteiger partial charge in [0.05, 0.1) is 19.0 Å². The summed E-state index contributed by atoms with van der Waals surface area (Å²) in [4.78, 5) is 10.8. The molecule has 0 radical (unpaired) electrons. The summed E-state index contributed by atoms with van der Waals surface area (Å²) in [6.45, 7) is 0.811. The summed E-state index contributed by atoms with van der Waals surface area (Å²) in [5.74, 6) is 0.467. The molecule has 0 unspecified atom stereocenters. The van der Waals surface area contributed by atoms with Gasteiger partial charge in [0.25, 0.3) is 0 Å². The van der Waals surface area contributed by atoms with Crippen LogP contribution in [0.3, 0.4) is 0 Å². The average Bonchev–Trinajstić information content (AvgIpc) is 2.36. The molecule has 0 atom stereocenters. The number of halogens is 1. The van der Waals surface area contributed by atoms with Gasteiger partial charge in [-0.1, -0.05) is 12.1 Å². The summed E-state index contributed by atoms with van der Waals surface area (Å²) in [6.07, 6.45) is 0.395. The number of ether oxygens (including phenoxy) is 1. The fraction of sp³-hybridized carbons (Fsp3) is 0.333. The van der Waals surface area contributed by atoms with E-state index in [0.29, 0.717) is 25.3 Å². The zero-order valence-corrected chi connectivity index (χ0v) is 10.0. The monoisotopic (exact) mass is 252 g/mol. The van der Waals surface area contributed by atoms with Gasteiger partial charge in [0.2, 0.25) is 5.91 Å². The molecule has 0 aliphatic rings. The topological polar surface area (TPSA) is 62.1 Å². The van der Waals surface area contributed by atoms with Crippen LogP contribution in [0.1, 0.15) is 5.56 Å². The Morgan fingerprint density at radius 3 is 2.71 bits per heavy atom. The van der Waals surface area contributed by atoms with Gasteiger partial charge in [0.1, 0.15) is 18.2 Å². The van der Waals surface area contributed by atoms with Crippen LogP contribution in [0.25, 0.3) is 0 Å². The number of rotatable bonds is 6. The Morgan fingerprint density at radius 1 is 1.41 bits per heavy atom. The molecule has 17 heavy (non-hydrogen) atoms. The number of carbonyl (C=O) groups is 1. The van der Waals surface area contributed by atoms with Crippen LogP contribution in [0.5, 0.6) is 5.75 Å². The lowest BCUT2D eigenvalue weighted by Crippen LogP contribution is -2.28. The van der Waals surface area contributed by atoms with Crippen molar-refractivity contribution in [3.63, 3.8) is 0 Å². The zero-order valence-electron chi connectivity index (χ0n) is 9.28. The largest absolute Gasteiger partial charge is 0.492 e. The van der Waals surface area contributed by atoms with Gasteiger partial charge in [0.15, 0.2) is 0 Å². The van der Waals surface area contributed by atoms with Crippen LogP contribution >= 0.6 is 11.6 Å². The molecule has 0 spiro atoms. The second-order valence-corrected chi connectivity index (χ2v) is 3.58. The molecule has 5 heteroatoms. The molecule has 1 aromatic rings. The van der Waals surface area contributed by atoms with Crippen LogP contribution in [-0.2, 0) is 11.2 Å². The first-order chi connectivity index (χ1) is 8.26. The van der Waals surface area contributed by atoms with Crippen molar-refractivity contribution >= 4 is 17.5 Å². The number of nitriles is 1. The molecule has 0 heterocycles. The second-order valence-electron chi connectivity index (χ2n) is 3.31. The summed E-state index contributed by atoms with van der Waals surface area (Å²) >= 11 is 5.32. The number of nitrogens with zero attached hydrogens (tertiary/aromatic N) is 1. The molecule has 0 aromatic heterocycles. The van der Waals surface area contributed by atoms with E-state index in [1.165, 1.54) is 0 Å². The molecule has 1 rings (SSSR count). The van der Waals surface area contributed by atoms with Crippen molar-refractivity contribution in [2.24, 2.45) is 0 Å². The first-order valence-corrected chi connectivity index (χ1v) is 5.71. The van der Waals surface area contributed by atoms with E-state index < -0.39 is 0 Å². The Balaban J connectivity index is 2.28. The van der Waals surface area contributed by atoms with E-state index in [-0.39, 0.29) is 11.8 Å². The Hall–Kier alpha value is -1.73. The average molecular weight is 253 g/mol. The number of hydrogen-bond acceptors (Lipinski definition) is 3. The van der Waals surface area contributed by atoms with Crippen LogP contribution in [-0.4, -0.2) is 24.9 Å². The highest BCUT2D eigenvalue weighted by Crippen LogP contribution is 2.11. The Kier molecular flexibility index (Phi) is 5.91. The molecule has 0 aliphatic carbocycles. The van der Waals surface area contributed by atoms with Crippen molar-refractivity contribution in [2.45, 2.75) is 6.42 Å². The maximum absolute atomic E-state index is 10.8. The summed E-state index contributed by atoms with van der Waals surface area (Å²) in [5.41, 5.74) is 0.954. The van der Waals surface area contributed by atoms with Gasteiger partial charge in [-0.3, -0.25) is 4.79 Å². The van der Waals surface area contributed by atoms with E-state index in [1.54, 1.807) is 12.1 Å². The lowest BCUT2D eigenvalue weighted by Gasteiger charge is -2.07. The molecule has 0 saturated carbocycles. The van der Waals surface area contributed by atoms with E-state index >= 15 is 0 Å². The van der Waals surface area contributed by atoms with E-state index in [4.69, 9.17) is 21.6 Å². The van der Waals surface area contributed by atoms with Crippen molar-refractivity contribution in [1.82, 2.24) is 5.32 Å². The minimum atomic E-state index is -0.209. The third-order valence-electron chi connectivity index (χ3n) is 2.02. The first-order valence-electron chi connectivity index (χ1n) is 5.17. The maximum atomic E-state index is 10.8. The van der Waals surface area contributed by atoms with Crippen LogP contribution in [0.2, 0.25) is 0 Å². The maximum Gasteiger partial charge on any atom is 0.235 e. The van der Waals surface area contributed by atoms with Gasteiger partial charge in [0, 0.05) is 0 Å². The number of hydrogen-bond donors (Lipinski definition) is 1. The van der Waals surface area contributed by atoms with Crippen LogP contribution in [0.4, 0.5) is 0 Å². The van der Waals surface area contributed by atoms with Crippen LogP contribution in [0.15, 0.2) is 24.3 Å². The van der Waals surface area contributed by atoms with Crippen LogP contribution in [0, 0.1) is 11.3 Å². The molecule has 4 nitrogen and oxygen atoms in total. The fourth-order valence-electron chi connectivity index (χ4n) is 1.20.